The molecule has 0 radical (unpaired) electrons. The molecule has 0 spiro atoms. The van der Waals surface area contributed by atoms with Gasteiger partial charge in [-0.25, -0.2) is 13.2 Å². The number of esters is 1. The Morgan fingerprint density at radius 2 is 1.73 bits per heavy atom. The number of ether oxygens (including phenoxy) is 2. The maximum atomic E-state index is 12.3. The predicted octanol–water partition coefficient (Wildman–Crippen LogP) is 3.25. The Bertz CT molecular complexity index is 831. The van der Waals surface area contributed by atoms with E-state index in [-0.39, 0.29) is 30.2 Å². The molecule has 26 heavy (non-hydrogen) atoms. The van der Waals surface area contributed by atoms with Gasteiger partial charge in [-0.15, -0.1) is 0 Å². The summed E-state index contributed by atoms with van der Waals surface area (Å²) in [5.74, 6) is -0.193. The van der Waals surface area contributed by atoms with Crippen LogP contribution in [0.1, 0.15) is 29.8 Å². The predicted molar refractivity (Wildman–Crippen MR) is 101 cm³/mol. The Morgan fingerprint density at radius 1 is 1.04 bits per heavy atom. The van der Waals surface area contributed by atoms with Crippen molar-refractivity contribution in [2.75, 3.05) is 23.7 Å². The molecule has 0 saturated heterocycles. The number of sulfonamides is 1. The van der Waals surface area contributed by atoms with Gasteiger partial charge in [0.05, 0.1) is 17.9 Å². The van der Waals surface area contributed by atoms with E-state index in [0.29, 0.717) is 5.75 Å². The molecule has 140 valence electrons. The number of nitrogens with one attached hydrogen (secondary N) is 1. The number of carbonyl (C=O) groups is 1. The molecule has 2 rings (SSSR count). The van der Waals surface area contributed by atoms with Crippen LogP contribution in [-0.2, 0) is 21.2 Å². The molecule has 0 aliphatic heterocycles. The lowest BCUT2D eigenvalue weighted by Crippen LogP contribution is -2.22. The highest BCUT2D eigenvalue weighted by molar-refractivity contribution is 7.92. The van der Waals surface area contributed by atoms with E-state index in [1.165, 1.54) is 17.7 Å². The normalized spacial score (nSPS) is 11.0. The van der Waals surface area contributed by atoms with Gasteiger partial charge in [0.1, 0.15) is 18.1 Å². The zero-order valence-corrected chi connectivity index (χ0v) is 15.7. The van der Waals surface area contributed by atoms with Crippen LogP contribution in [0.5, 0.6) is 5.75 Å². The third-order valence-corrected chi connectivity index (χ3v) is 4.88. The minimum Gasteiger partial charge on any atom is -0.492 e. The molecule has 2 aromatic rings. The summed E-state index contributed by atoms with van der Waals surface area (Å²) in [6.07, 6.45) is 0.929. The highest BCUT2D eigenvalue weighted by Crippen LogP contribution is 2.18. The Hall–Kier alpha value is -2.54. The van der Waals surface area contributed by atoms with Crippen LogP contribution >= 0.6 is 0 Å². The van der Waals surface area contributed by atoms with Crippen LogP contribution in [0.3, 0.4) is 0 Å². The molecule has 0 unspecified atom stereocenters. The lowest BCUT2D eigenvalue weighted by molar-refractivity contribution is 0.0527. The van der Waals surface area contributed by atoms with Crippen LogP contribution in [-0.4, -0.2) is 33.4 Å². The van der Waals surface area contributed by atoms with E-state index in [2.05, 4.69) is 11.6 Å². The number of aryl methyl sites for hydroxylation is 1. The average Bonchev–Trinajstić information content (AvgIpc) is 2.62. The highest BCUT2D eigenvalue weighted by atomic mass is 32.2. The molecule has 0 aliphatic rings. The zero-order valence-electron chi connectivity index (χ0n) is 14.9. The molecular weight excluding hydrogens is 354 g/mol. The van der Waals surface area contributed by atoms with Gasteiger partial charge in [-0.2, -0.15) is 0 Å². The monoisotopic (exact) mass is 377 g/mol. The minimum absolute atomic E-state index is 0.00236. The highest BCUT2D eigenvalue weighted by Gasteiger charge is 2.17. The van der Waals surface area contributed by atoms with Crippen molar-refractivity contribution in [3.63, 3.8) is 0 Å². The minimum atomic E-state index is -3.67. The van der Waals surface area contributed by atoms with Crippen LogP contribution < -0.4 is 9.46 Å². The van der Waals surface area contributed by atoms with Gasteiger partial charge in [-0.3, -0.25) is 4.72 Å². The van der Waals surface area contributed by atoms with E-state index in [4.69, 9.17) is 9.47 Å². The molecule has 7 heteroatoms. The first-order valence-corrected chi connectivity index (χ1v) is 10.1. The van der Waals surface area contributed by atoms with E-state index < -0.39 is 16.0 Å². The molecule has 0 amide bonds. The summed E-state index contributed by atoms with van der Waals surface area (Å²) in [6.45, 7) is 3.96. The van der Waals surface area contributed by atoms with E-state index in [0.717, 1.165) is 6.42 Å². The third kappa shape index (κ3) is 5.77. The molecular formula is C19H23NO5S. The standard InChI is InChI=1S/C19H23NO5S/c1-3-15-9-11-16(12-10-15)25-13-14-26(22,23)20-18-8-6-5-7-17(18)19(21)24-4-2/h5-12,20H,3-4,13-14H2,1-2H3. The number of anilines is 1. The van der Waals surface area contributed by atoms with Gasteiger partial charge < -0.3 is 9.47 Å². The van der Waals surface area contributed by atoms with Gasteiger partial charge >= 0.3 is 5.97 Å². The fraction of sp³-hybridized carbons (Fsp3) is 0.316. The summed E-state index contributed by atoms with van der Waals surface area (Å²) in [5.41, 5.74) is 1.55. The summed E-state index contributed by atoms with van der Waals surface area (Å²) in [5, 5.41) is 0. The van der Waals surface area contributed by atoms with Crippen molar-refractivity contribution in [1.29, 1.82) is 0 Å². The van der Waals surface area contributed by atoms with Crippen LogP contribution in [0.4, 0.5) is 5.69 Å². The Kier molecular flexibility index (Phi) is 7.03. The van der Waals surface area contributed by atoms with E-state index >= 15 is 0 Å². The van der Waals surface area contributed by atoms with Crippen molar-refractivity contribution in [2.24, 2.45) is 0 Å². The zero-order chi connectivity index (χ0) is 19.0. The van der Waals surface area contributed by atoms with Crippen LogP contribution in [0, 0.1) is 0 Å². The quantitative estimate of drug-likeness (QED) is 0.679. The van der Waals surface area contributed by atoms with Gasteiger partial charge in [-0.1, -0.05) is 31.2 Å². The molecule has 0 saturated carbocycles. The Balaban J connectivity index is 1.97. The summed E-state index contributed by atoms with van der Waals surface area (Å²) in [7, 11) is -3.67. The van der Waals surface area contributed by atoms with Gasteiger partial charge in [0.25, 0.3) is 0 Å². The van der Waals surface area contributed by atoms with Crippen molar-refractivity contribution >= 4 is 21.7 Å². The molecule has 0 fully saturated rings. The summed E-state index contributed by atoms with van der Waals surface area (Å²) >= 11 is 0. The number of hydrogen-bond donors (Lipinski definition) is 1. The first kappa shape index (κ1) is 19.8. The van der Waals surface area contributed by atoms with Gasteiger partial charge in [0.2, 0.25) is 10.0 Å². The topological polar surface area (TPSA) is 81.7 Å². The fourth-order valence-electron chi connectivity index (χ4n) is 2.27. The second-order valence-corrected chi connectivity index (χ2v) is 7.37. The number of para-hydroxylation sites is 1. The first-order valence-electron chi connectivity index (χ1n) is 8.43. The fourth-order valence-corrected chi connectivity index (χ4v) is 3.19. The van der Waals surface area contributed by atoms with Crippen LogP contribution in [0.25, 0.3) is 0 Å². The van der Waals surface area contributed by atoms with Gasteiger partial charge in [0.15, 0.2) is 0 Å². The molecule has 0 bridgehead atoms. The molecule has 0 heterocycles. The molecule has 0 atom stereocenters. The van der Waals surface area contributed by atoms with Crippen molar-refractivity contribution in [3.8, 4) is 5.75 Å². The SMILES string of the molecule is CCOC(=O)c1ccccc1NS(=O)(=O)CCOc1ccc(CC)cc1. The average molecular weight is 377 g/mol. The number of carbonyl (C=O) groups excluding carboxylic acids is 1. The Labute approximate surface area is 154 Å². The third-order valence-electron chi connectivity index (χ3n) is 3.64. The molecule has 0 aliphatic carbocycles. The van der Waals surface area contributed by atoms with Crippen molar-refractivity contribution < 1.29 is 22.7 Å². The maximum Gasteiger partial charge on any atom is 0.340 e. The van der Waals surface area contributed by atoms with Gasteiger partial charge in [-0.05, 0) is 43.2 Å². The molecule has 2 aromatic carbocycles. The summed E-state index contributed by atoms with van der Waals surface area (Å²) in [6, 6.07) is 13.8. The first-order chi connectivity index (χ1) is 12.4. The maximum absolute atomic E-state index is 12.3. The number of rotatable bonds is 9. The van der Waals surface area contributed by atoms with E-state index in [1.54, 1.807) is 19.1 Å². The van der Waals surface area contributed by atoms with E-state index in [9.17, 15) is 13.2 Å². The smallest absolute Gasteiger partial charge is 0.340 e. The second kappa shape index (κ2) is 9.24. The van der Waals surface area contributed by atoms with E-state index in [1.807, 2.05) is 24.3 Å². The van der Waals surface area contributed by atoms with Crippen molar-refractivity contribution in [2.45, 2.75) is 20.3 Å². The van der Waals surface area contributed by atoms with Gasteiger partial charge in [0, 0.05) is 0 Å². The summed E-state index contributed by atoms with van der Waals surface area (Å²) in [4.78, 5) is 11.9. The van der Waals surface area contributed by atoms with Crippen LogP contribution in [0.15, 0.2) is 48.5 Å². The largest absolute Gasteiger partial charge is 0.492 e. The molecule has 1 N–H and O–H groups in total. The number of hydrogen-bond acceptors (Lipinski definition) is 5. The van der Waals surface area contributed by atoms with Crippen molar-refractivity contribution in [1.82, 2.24) is 0 Å². The molecule has 6 nitrogen and oxygen atoms in total. The lowest BCUT2D eigenvalue weighted by atomic mass is 10.2. The van der Waals surface area contributed by atoms with Crippen molar-refractivity contribution in [3.05, 3.63) is 59.7 Å². The summed E-state index contributed by atoms with van der Waals surface area (Å²) < 4.78 is 37.4. The number of benzene rings is 2. The van der Waals surface area contributed by atoms with Crippen LogP contribution in [0.2, 0.25) is 0 Å². The molecule has 0 aromatic heterocycles. The second-order valence-electron chi connectivity index (χ2n) is 5.53. The Morgan fingerprint density at radius 3 is 2.38 bits per heavy atom. The lowest BCUT2D eigenvalue weighted by Gasteiger charge is -2.12.